The van der Waals surface area contributed by atoms with Crippen molar-refractivity contribution in [2.24, 2.45) is 17.3 Å². The Morgan fingerprint density at radius 2 is 1.71 bits per heavy atom. The summed E-state index contributed by atoms with van der Waals surface area (Å²) in [5.41, 5.74) is 0.251. The van der Waals surface area contributed by atoms with E-state index in [0.29, 0.717) is 17.6 Å². The van der Waals surface area contributed by atoms with Crippen molar-refractivity contribution >= 4 is 5.78 Å². The van der Waals surface area contributed by atoms with Gasteiger partial charge in [-0.2, -0.15) is 0 Å². The molecule has 0 radical (unpaired) electrons. The van der Waals surface area contributed by atoms with E-state index in [9.17, 15) is 4.79 Å². The van der Waals surface area contributed by atoms with E-state index in [4.69, 9.17) is 0 Å². The first-order valence-corrected chi connectivity index (χ1v) is 7.32. The third kappa shape index (κ3) is 7.57. The predicted octanol–water partition coefficient (Wildman–Crippen LogP) is 5.23. The van der Waals surface area contributed by atoms with Gasteiger partial charge < -0.3 is 0 Å². The van der Waals surface area contributed by atoms with Crippen LogP contribution in [-0.4, -0.2) is 5.78 Å². The second kappa shape index (κ2) is 7.89. The molecule has 0 bridgehead atoms. The van der Waals surface area contributed by atoms with Crippen LogP contribution in [0.1, 0.15) is 80.1 Å². The Hall–Kier alpha value is -0.330. The Kier molecular flexibility index (Phi) is 7.74. The Morgan fingerprint density at radius 3 is 2.12 bits per heavy atom. The number of hydrogen-bond donors (Lipinski definition) is 0. The smallest absolute Gasteiger partial charge is 0.133 e. The second-order valence-electron chi connectivity index (χ2n) is 6.63. The zero-order valence-electron chi connectivity index (χ0n) is 12.8. The maximum atomic E-state index is 12.0. The molecule has 0 aliphatic carbocycles. The molecule has 1 heteroatoms. The zero-order chi connectivity index (χ0) is 13.5. The highest BCUT2D eigenvalue weighted by Gasteiger charge is 2.23. The number of hydrogen-bond acceptors (Lipinski definition) is 1. The quantitative estimate of drug-likeness (QED) is 0.567. The molecule has 0 fully saturated rings. The van der Waals surface area contributed by atoms with Gasteiger partial charge in [-0.05, 0) is 17.3 Å². The maximum absolute atomic E-state index is 12.0. The minimum absolute atomic E-state index is 0.251. The normalized spacial score (nSPS) is 15.6. The van der Waals surface area contributed by atoms with E-state index in [1.807, 2.05) is 0 Å². The van der Waals surface area contributed by atoms with Crippen LogP contribution in [0.3, 0.4) is 0 Å². The maximum Gasteiger partial charge on any atom is 0.133 e. The van der Waals surface area contributed by atoms with Crippen LogP contribution in [0.25, 0.3) is 0 Å². The zero-order valence-corrected chi connectivity index (χ0v) is 12.8. The molecular weight excluding hydrogens is 208 g/mol. The first-order valence-electron chi connectivity index (χ1n) is 7.32. The molecule has 0 aromatic carbocycles. The Morgan fingerprint density at radius 1 is 1.12 bits per heavy atom. The van der Waals surface area contributed by atoms with Gasteiger partial charge in [-0.3, -0.25) is 4.79 Å². The minimum atomic E-state index is 0.251. The molecule has 0 rings (SSSR count). The summed E-state index contributed by atoms with van der Waals surface area (Å²) < 4.78 is 0. The van der Waals surface area contributed by atoms with E-state index >= 15 is 0 Å². The minimum Gasteiger partial charge on any atom is -0.300 e. The highest BCUT2D eigenvalue weighted by Crippen LogP contribution is 2.29. The lowest BCUT2D eigenvalue weighted by Gasteiger charge is -2.27. The van der Waals surface area contributed by atoms with Crippen molar-refractivity contribution in [1.82, 2.24) is 0 Å². The molecule has 0 aromatic rings. The lowest BCUT2D eigenvalue weighted by molar-refractivity contribution is -0.121. The van der Waals surface area contributed by atoms with Crippen LogP contribution < -0.4 is 0 Å². The fraction of sp³-hybridized carbons (Fsp3) is 0.938. The molecule has 0 saturated carbocycles. The van der Waals surface area contributed by atoms with Crippen LogP contribution in [0.15, 0.2) is 0 Å². The number of carbonyl (C=O) groups excluding carboxylic acids is 1. The number of unbranched alkanes of at least 4 members (excludes halogenated alkanes) is 1. The summed E-state index contributed by atoms with van der Waals surface area (Å²) >= 11 is 0. The molecule has 1 nitrogen and oxygen atoms in total. The molecule has 2 atom stereocenters. The van der Waals surface area contributed by atoms with Crippen molar-refractivity contribution in [1.29, 1.82) is 0 Å². The molecule has 0 aliphatic rings. The summed E-state index contributed by atoms with van der Waals surface area (Å²) in [4.78, 5) is 12.0. The second-order valence-corrected chi connectivity index (χ2v) is 6.63. The molecule has 0 N–H and O–H groups in total. The standard InChI is InChI=1S/C16H32O/c1-7-9-10-14(8-2)12-15(17)11-13(3)16(4,5)6/h13-14H,7-12H2,1-6H3. The van der Waals surface area contributed by atoms with Crippen LogP contribution in [0, 0.1) is 17.3 Å². The average molecular weight is 240 g/mol. The van der Waals surface area contributed by atoms with Gasteiger partial charge in [-0.25, -0.2) is 0 Å². The molecule has 102 valence electrons. The number of carbonyl (C=O) groups is 1. The van der Waals surface area contributed by atoms with Crippen LogP contribution in [-0.2, 0) is 4.79 Å². The fourth-order valence-electron chi connectivity index (χ4n) is 2.00. The molecule has 0 spiro atoms. The van der Waals surface area contributed by atoms with E-state index < -0.39 is 0 Å². The fourth-order valence-corrected chi connectivity index (χ4v) is 2.00. The SMILES string of the molecule is CCCCC(CC)CC(=O)CC(C)C(C)(C)C. The van der Waals surface area contributed by atoms with Gasteiger partial charge in [0.15, 0.2) is 0 Å². The molecule has 0 aliphatic heterocycles. The highest BCUT2D eigenvalue weighted by molar-refractivity contribution is 5.78. The summed E-state index contributed by atoms with van der Waals surface area (Å²) in [6, 6.07) is 0. The molecule has 0 aromatic heterocycles. The summed E-state index contributed by atoms with van der Waals surface area (Å²) in [5.74, 6) is 1.57. The Balaban J connectivity index is 4.06. The summed E-state index contributed by atoms with van der Waals surface area (Å²) in [5, 5.41) is 0. The van der Waals surface area contributed by atoms with Crippen LogP contribution in [0.4, 0.5) is 0 Å². The monoisotopic (exact) mass is 240 g/mol. The lowest BCUT2D eigenvalue weighted by atomic mass is 9.78. The van der Waals surface area contributed by atoms with Crippen molar-refractivity contribution < 1.29 is 4.79 Å². The van der Waals surface area contributed by atoms with Gasteiger partial charge in [-0.1, -0.05) is 67.2 Å². The van der Waals surface area contributed by atoms with Crippen LogP contribution in [0.5, 0.6) is 0 Å². The lowest BCUT2D eigenvalue weighted by Crippen LogP contribution is -2.21. The van der Waals surface area contributed by atoms with Gasteiger partial charge in [0.2, 0.25) is 0 Å². The number of ketones is 1. The largest absolute Gasteiger partial charge is 0.300 e. The van der Waals surface area contributed by atoms with E-state index in [1.165, 1.54) is 19.3 Å². The van der Waals surface area contributed by atoms with Crippen molar-refractivity contribution in [2.45, 2.75) is 80.1 Å². The van der Waals surface area contributed by atoms with Gasteiger partial charge in [0.05, 0.1) is 0 Å². The van der Waals surface area contributed by atoms with Crippen molar-refractivity contribution in [3.05, 3.63) is 0 Å². The topological polar surface area (TPSA) is 17.1 Å². The van der Waals surface area contributed by atoms with E-state index in [0.717, 1.165) is 19.3 Å². The summed E-state index contributed by atoms with van der Waals surface area (Å²) in [6.45, 7) is 13.3. The van der Waals surface area contributed by atoms with Gasteiger partial charge in [0.25, 0.3) is 0 Å². The predicted molar refractivity (Wildman–Crippen MR) is 76.2 cm³/mol. The molecule has 0 amide bonds. The number of Topliss-reactive ketones (excluding diaryl/α,β-unsaturated/α-hetero) is 1. The first kappa shape index (κ1) is 16.7. The third-order valence-electron chi connectivity index (χ3n) is 4.07. The van der Waals surface area contributed by atoms with E-state index in [2.05, 4.69) is 41.5 Å². The van der Waals surface area contributed by atoms with E-state index in [1.54, 1.807) is 0 Å². The van der Waals surface area contributed by atoms with Gasteiger partial charge in [0.1, 0.15) is 5.78 Å². The third-order valence-corrected chi connectivity index (χ3v) is 4.07. The van der Waals surface area contributed by atoms with Crippen LogP contribution >= 0.6 is 0 Å². The number of rotatable bonds is 8. The van der Waals surface area contributed by atoms with Gasteiger partial charge in [-0.15, -0.1) is 0 Å². The molecule has 17 heavy (non-hydrogen) atoms. The molecular formula is C16H32O. The summed E-state index contributed by atoms with van der Waals surface area (Å²) in [6.07, 6.45) is 6.44. The van der Waals surface area contributed by atoms with Crippen LogP contribution in [0.2, 0.25) is 0 Å². The highest BCUT2D eigenvalue weighted by atomic mass is 16.1. The first-order chi connectivity index (χ1) is 7.81. The molecule has 2 unspecified atom stereocenters. The Labute approximate surface area is 108 Å². The van der Waals surface area contributed by atoms with Crippen molar-refractivity contribution in [3.8, 4) is 0 Å². The average Bonchev–Trinajstić information content (AvgIpc) is 2.22. The summed E-state index contributed by atoms with van der Waals surface area (Å²) in [7, 11) is 0. The van der Waals surface area contributed by atoms with Crippen molar-refractivity contribution in [3.63, 3.8) is 0 Å². The van der Waals surface area contributed by atoms with Crippen molar-refractivity contribution in [2.75, 3.05) is 0 Å². The molecule has 0 saturated heterocycles. The molecule has 0 heterocycles. The van der Waals surface area contributed by atoms with Gasteiger partial charge >= 0.3 is 0 Å². The Bertz CT molecular complexity index is 212. The van der Waals surface area contributed by atoms with Gasteiger partial charge in [0, 0.05) is 12.8 Å². The van der Waals surface area contributed by atoms with E-state index in [-0.39, 0.29) is 5.41 Å².